The van der Waals surface area contributed by atoms with E-state index in [4.69, 9.17) is 5.11 Å². The van der Waals surface area contributed by atoms with Crippen LogP contribution in [0.2, 0.25) is 0 Å². The number of rotatable bonds is 6. The third kappa shape index (κ3) is 4.93. The summed E-state index contributed by atoms with van der Waals surface area (Å²) in [4.78, 5) is 12.7. The van der Waals surface area contributed by atoms with Gasteiger partial charge < -0.3 is 5.11 Å². The summed E-state index contributed by atoms with van der Waals surface area (Å²) in [5.74, 6) is 1.05. The van der Waals surface area contributed by atoms with Crippen LogP contribution in [-0.2, 0) is 16.3 Å². The van der Waals surface area contributed by atoms with E-state index in [0.29, 0.717) is 0 Å². The van der Waals surface area contributed by atoms with E-state index in [9.17, 15) is 4.79 Å². The Morgan fingerprint density at radius 1 is 1.16 bits per heavy atom. The fraction of sp³-hybridized carbons (Fsp3) is 0.133. The number of thioether (sulfide) groups is 1. The minimum absolute atomic E-state index is 0.909. The van der Waals surface area contributed by atoms with Crippen LogP contribution in [0.25, 0.3) is 6.08 Å². The van der Waals surface area contributed by atoms with Gasteiger partial charge in [-0.1, -0.05) is 30.3 Å². The molecule has 98 valence electrons. The molecule has 2 rings (SSSR count). The topological polar surface area (TPSA) is 37.3 Å². The quantitative estimate of drug-likeness (QED) is 0.807. The molecule has 0 saturated carbocycles. The molecule has 0 radical (unpaired) electrons. The molecule has 0 bridgehead atoms. The van der Waals surface area contributed by atoms with Crippen molar-refractivity contribution in [2.45, 2.75) is 11.5 Å². The summed E-state index contributed by atoms with van der Waals surface area (Å²) in [6.45, 7) is 0. The molecule has 2 aromatic rings. The maximum atomic E-state index is 10.4. The molecule has 1 heterocycles. The van der Waals surface area contributed by atoms with Gasteiger partial charge in [-0.15, -0.1) is 11.3 Å². The van der Waals surface area contributed by atoms with E-state index in [1.807, 2.05) is 23.9 Å². The molecular formula is C15H14O2S2. The van der Waals surface area contributed by atoms with Crippen molar-refractivity contribution >= 4 is 35.1 Å². The van der Waals surface area contributed by atoms with Crippen molar-refractivity contribution in [2.24, 2.45) is 0 Å². The van der Waals surface area contributed by atoms with Crippen molar-refractivity contribution in [3.8, 4) is 0 Å². The van der Waals surface area contributed by atoms with E-state index in [1.54, 1.807) is 17.4 Å². The Morgan fingerprint density at radius 2 is 1.95 bits per heavy atom. The van der Waals surface area contributed by atoms with Gasteiger partial charge in [-0.2, -0.15) is 11.8 Å². The summed E-state index contributed by atoms with van der Waals surface area (Å²) in [5.41, 5.74) is 1.33. The lowest BCUT2D eigenvalue weighted by Gasteiger charge is -1.99. The average Bonchev–Trinajstić information content (AvgIpc) is 2.86. The molecule has 1 N–H and O–H groups in total. The fourth-order valence-corrected chi connectivity index (χ4v) is 3.58. The summed E-state index contributed by atoms with van der Waals surface area (Å²) >= 11 is 3.51. The lowest BCUT2D eigenvalue weighted by atomic mass is 10.2. The van der Waals surface area contributed by atoms with Crippen molar-refractivity contribution in [1.29, 1.82) is 0 Å². The number of hydrogen-bond acceptors (Lipinski definition) is 3. The molecule has 0 spiro atoms. The lowest BCUT2D eigenvalue weighted by Crippen LogP contribution is -1.84. The zero-order chi connectivity index (χ0) is 13.5. The highest BCUT2D eigenvalue weighted by Gasteiger charge is 1.99. The largest absolute Gasteiger partial charge is 0.478 e. The second-order valence-electron chi connectivity index (χ2n) is 3.95. The molecule has 0 aliphatic carbocycles. The molecule has 0 saturated heterocycles. The normalized spacial score (nSPS) is 10.9. The van der Waals surface area contributed by atoms with Crippen molar-refractivity contribution < 1.29 is 9.90 Å². The Labute approximate surface area is 120 Å². The zero-order valence-corrected chi connectivity index (χ0v) is 11.9. The molecule has 2 nitrogen and oxygen atoms in total. The van der Waals surface area contributed by atoms with Crippen molar-refractivity contribution in [1.82, 2.24) is 0 Å². The Hall–Kier alpha value is -1.52. The minimum Gasteiger partial charge on any atom is -0.478 e. The second kappa shape index (κ2) is 7.16. The van der Waals surface area contributed by atoms with Crippen molar-refractivity contribution in [2.75, 3.05) is 0 Å². The highest BCUT2D eigenvalue weighted by atomic mass is 32.2. The monoisotopic (exact) mass is 290 g/mol. The summed E-state index contributed by atoms with van der Waals surface area (Å²) in [7, 11) is 0. The summed E-state index contributed by atoms with van der Waals surface area (Å²) in [6.07, 6.45) is 2.81. The van der Waals surface area contributed by atoms with Gasteiger partial charge in [-0.05, 0) is 23.8 Å². The van der Waals surface area contributed by atoms with Gasteiger partial charge in [0.15, 0.2) is 0 Å². The number of thiophene rings is 1. The molecule has 0 amide bonds. The first kappa shape index (κ1) is 13.9. The molecule has 0 aliphatic rings. The van der Waals surface area contributed by atoms with Crippen LogP contribution in [0.5, 0.6) is 0 Å². The van der Waals surface area contributed by atoms with E-state index in [-0.39, 0.29) is 0 Å². The van der Waals surface area contributed by atoms with E-state index in [1.165, 1.54) is 16.5 Å². The van der Waals surface area contributed by atoms with Gasteiger partial charge in [0.25, 0.3) is 0 Å². The van der Waals surface area contributed by atoms with E-state index >= 15 is 0 Å². The predicted octanol–water partition coefficient (Wildman–Crippen LogP) is 4.28. The Morgan fingerprint density at radius 3 is 2.68 bits per heavy atom. The molecular weight excluding hydrogens is 276 g/mol. The van der Waals surface area contributed by atoms with Crippen LogP contribution in [0, 0.1) is 0 Å². The van der Waals surface area contributed by atoms with Gasteiger partial charge >= 0.3 is 5.97 Å². The van der Waals surface area contributed by atoms with Crippen LogP contribution in [0.3, 0.4) is 0 Å². The summed E-state index contributed by atoms with van der Waals surface area (Å²) in [5, 5.41) is 8.56. The number of hydrogen-bond donors (Lipinski definition) is 1. The van der Waals surface area contributed by atoms with Crippen molar-refractivity contribution in [3.05, 3.63) is 63.9 Å². The minimum atomic E-state index is -0.909. The van der Waals surface area contributed by atoms with E-state index in [2.05, 4.69) is 30.3 Å². The first-order valence-electron chi connectivity index (χ1n) is 5.85. The van der Waals surface area contributed by atoms with Crippen LogP contribution in [0.1, 0.15) is 15.3 Å². The van der Waals surface area contributed by atoms with Crippen LogP contribution in [0.15, 0.2) is 48.5 Å². The molecule has 1 aromatic carbocycles. The second-order valence-corrected chi connectivity index (χ2v) is 6.14. The average molecular weight is 290 g/mol. The van der Waals surface area contributed by atoms with Gasteiger partial charge in [0.2, 0.25) is 0 Å². The first-order valence-corrected chi connectivity index (χ1v) is 7.82. The summed E-state index contributed by atoms with van der Waals surface area (Å²) < 4.78 is 0. The molecule has 0 fully saturated rings. The van der Waals surface area contributed by atoms with Gasteiger partial charge in [-0.25, -0.2) is 4.79 Å². The van der Waals surface area contributed by atoms with Crippen LogP contribution >= 0.6 is 23.1 Å². The number of carbonyl (C=O) groups is 1. The molecule has 1 aromatic heterocycles. The molecule has 19 heavy (non-hydrogen) atoms. The standard InChI is InChI=1S/C15H14O2S2/c16-15(17)9-8-13-6-7-14(19-13)11-18-10-12-4-2-1-3-5-12/h1-9H,10-11H2,(H,16,17). The number of aliphatic carboxylic acids is 1. The van der Waals surface area contributed by atoms with Gasteiger partial charge in [0.1, 0.15) is 0 Å². The zero-order valence-electron chi connectivity index (χ0n) is 10.3. The SMILES string of the molecule is O=C(O)C=Cc1ccc(CSCc2ccccc2)s1. The molecule has 4 heteroatoms. The van der Waals surface area contributed by atoms with Gasteiger partial charge in [0.05, 0.1) is 0 Å². The highest BCUT2D eigenvalue weighted by Crippen LogP contribution is 2.24. The van der Waals surface area contributed by atoms with Gasteiger partial charge in [0, 0.05) is 27.3 Å². The fourth-order valence-electron chi connectivity index (χ4n) is 1.56. The van der Waals surface area contributed by atoms with Crippen LogP contribution in [-0.4, -0.2) is 11.1 Å². The number of carboxylic acid groups (broad SMARTS) is 1. The van der Waals surface area contributed by atoms with E-state index < -0.39 is 5.97 Å². The van der Waals surface area contributed by atoms with Crippen LogP contribution in [0.4, 0.5) is 0 Å². The van der Waals surface area contributed by atoms with Crippen molar-refractivity contribution in [3.63, 3.8) is 0 Å². The Kier molecular flexibility index (Phi) is 5.24. The smallest absolute Gasteiger partial charge is 0.328 e. The third-order valence-corrected chi connectivity index (χ3v) is 4.71. The lowest BCUT2D eigenvalue weighted by molar-refractivity contribution is -0.131. The molecule has 0 unspecified atom stereocenters. The van der Waals surface area contributed by atoms with Crippen LogP contribution < -0.4 is 0 Å². The Bertz CT molecular complexity index is 559. The summed E-state index contributed by atoms with van der Waals surface area (Å²) in [6, 6.07) is 14.4. The van der Waals surface area contributed by atoms with Gasteiger partial charge in [-0.3, -0.25) is 0 Å². The Balaban J connectivity index is 1.82. The third-order valence-electron chi connectivity index (χ3n) is 2.43. The molecule has 0 atom stereocenters. The maximum Gasteiger partial charge on any atom is 0.328 e. The predicted molar refractivity (Wildman–Crippen MR) is 82.4 cm³/mol. The number of benzene rings is 1. The molecule has 0 aliphatic heterocycles. The maximum absolute atomic E-state index is 10.4. The highest BCUT2D eigenvalue weighted by molar-refractivity contribution is 7.97. The van der Waals surface area contributed by atoms with E-state index in [0.717, 1.165) is 16.4 Å². The first-order chi connectivity index (χ1) is 9.24. The number of carboxylic acids is 1.